The normalized spacial score (nSPS) is 14.5. The maximum atomic E-state index is 12.5. The molecule has 2 heterocycles. The van der Waals surface area contributed by atoms with Crippen molar-refractivity contribution < 1.29 is 13.9 Å². The van der Waals surface area contributed by atoms with E-state index in [9.17, 15) is 4.79 Å². The maximum absolute atomic E-state index is 12.5. The Bertz CT molecular complexity index is 972. The van der Waals surface area contributed by atoms with E-state index in [4.69, 9.17) is 9.15 Å². The van der Waals surface area contributed by atoms with Gasteiger partial charge in [-0.25, -0.2) is 0 Å². The van der Waals surface area contributed by atoms with Gasteiger partial charge in [0.2, 0.25) is 0 Å². The average molecular weight is 405 g/mol. The number of nitrogens with zero attached hydrogens (tertiary/aromatic N) is 2. The summed E-state index contributed by atoms with van der Waals surface area (Å²) in [5, 5.41) is 2.89. The van der Waals surface area contributed by atoms with E-state index in [0.717, 1.165) is 37.6 Å². The summed E-state index contributed by atoms with van der Waals surface area (Å²) < 4.78 is 11.3. The van der Waals surface area contributed by atoms with Crippen LogP contribution in [0.2, 0.25) is 0 Å². The molecule has 0 aliphatic carbocycles. The highest BCUT2D eigenvalue weighted by Crippen LogP contribution is 2.20. The molecule has 30 heavy (non-hydrogen) atoms. The number of anilines is 2. The van der Waals surface area contributed by atoms with Crippen LogP contribution in [-0.2, 0) is 6.61 Å². The van der Waals surface area contributed by atoms with Crippen LogP contribution in [0.4, 0.5) is 11.4 Å². The lowest BCUT2D eigenvalue weighted by Crippen LogP contribution is -2.44. The summed E-state index contributed by atoms with van der Waals surface area (Å²) in [5.41, 5.74) is 3.09. The molecule has 6 heteroatoms. The van der Waals surface area contributed by atoms with Crippen LogP contribution in [0.3, 0.4) is 0 Å². The number of amides is 1. The Morgan fingerprint density at radius 2 is 1.67 bits per heavy atom. The van der Waals surface area contributed by atoms with Crippen LogP contribution in [0.1, 0.15) is 21.9 Å². The summed E-state index contributed by atoms with van der Waals surface area (Å²) >= 11 is 0. The van der Waals surface area contributed by atoms with Gasteiger partial charge in [0.05, 0.1) is 0 Å². The Morgan fingerprint density at radius 3 is 2.37 bits per heavy atom. The third-order valence-electron chi connectivity index (χ3n) is 5.28. The second-order valence-electron chi connectivity index (χ2n) is 7.66. The summed E-state index contributed by atoms with van der Waals surface area (Å²) in [6.07, 6.45) is 0. The third kappa shape index (κ3) is 5.02. The number of benzene rings is 2. The minimum Gasteiger partial charge on any atom is -0.486 e. The van der Waals surface area contributed by atoms with Crippen molar-refractivity contribution in [3.8, 4) is 5.75 Å². The molecule has 0 spiro atoms. The number of hydrogen-bond acceptors (Lipinski definition) is 5. The smallest absolute Gasteiger partial charge is 0.291 e. The van der Waals surface area contributed by atoms with Crippen molar-refractivity contribution in [3.63, 3.8) is 0 Å². The molecule has 2 aromatic carbocycles. The number of carbonyl (C=O) groups excluding carboxylic acids is 1. The fraction of sp³-hybridized carbons (Fsp3) is 0.292. The van der Waals surface area contributed by atoms with Crippen molar-refractivity contribution in [1.29, 1.82) is 0 Å². The Morgan fingerprint density at radius 1 is 0.967 bits per heavy atom. The lowest BCUT2D eigenvalue weighted by molar-refractivity contribution is 0.0992. The van der Waals surface area contributed by atoms with Crippen molar-refractivity contribution in [1.82, 2.24) is 4.90 Å². The largest absolute Gasteiger partial charge is 0.486 e. The summed E-state index contributed by atoms with van der Waals surface area (Å²) in [4.78, 5) is 17.2. The first-order chi connectivity index (χ1) is 14.6. The molecule has 4 rings (SSSR count). The molecule has 6 nitrogen and oxygen atoms in total. The molecule has 3 aromatic rings. The summed E-state index contributed by atoms with van der Waals surface area (Å²) in [6, 6.07) is 19.2. The first-order valence-corrected chi connectivity index (χ1v) is 10.2. The Kier molecular flexibility index (Phi) is 6.05. The zero-order valence-electron chi connectivity index (χ0n) is 17.4. The van der Waals surface area contributed by atoms with Gasteiger partial charge in [-0.2, -0.15) is 0 Å². The molecule has 1 saturated heterocycles. The van der Waals surface area contributed by atoms with Gasteiger partial charge in [-0.05, 0) is 62.5 Å². The van der Waals surface area contributed by atoms with Crippen LogP contribution in [0.25, 0.3) is 0 Å². The number of ether oxygens (including phenoxy) is 1. The highest BCUT2D eigenvalue weighted by Gasteiger charge is 2.15. The van der Waals surface area contributed by atoms with Gasteiger partial charge in [-0.3, -0.25) is 4.79 Å². The van der Waals surface area contributed by atoms with Gasteiger partial charge in [0.15, 0.2) is 5.76 Å². The van der Waals surface area contributed by atoms with E-state index in [-0.39, 0.29) is 18.3 Å². The molecule has 0 saturated carbocycles. The van der Waals surface area contributed by atoms with Gasteiger partial charge >= 0.3 is 0 Å². The van der Waals surface area contributed by atoms with Gasteiger partial charge in [-0.15, -0.1) is 0 Å². The number of likely N-dealkylation sites (N-methyl/N-ethyl adjacent to an activating group) is 1. The number of carbonyl (C=O) groups is 1. The minimum atomic E-state index is -0.274. The summed E-state index contributed by atoms with van der Waals surface area (Å²) in [5.74, 6) is 1.36. The first kappa shape index (κ1) is 20.0. The standard InChI is InChI=1S/C24H27N3O3/c1-18-3-9-21(10-4-18)29-17-22-11-12-23(30-22)24(28)25-19-5-7-20(8-6-19)27-15-13-26(2)14-16-27/h3-12H,13-17H2,1-2H3,(H,25,28). The van der Waals surface area contributed by atoms with Gasteiger partial charge in [-0.1, -0.05) is 17.7 Å². The van der Waals surface area contributed by atoms with Crippen LogP contribution in [-0.4, -0.2) is 44.0 Å². The molecule has 1 aliphatic rings. The topological polar surface area (TPSA) is 58.0 Å². The van der Waals surface area contributed by atoms with Crippen LogP contribution >= 0.6 is 0 Å². The number of piperazine rings is 1. The lowest BCUT2D eigenvalue weighted by Gasteiger charge is -2.34. The molecule has 0 radical (unpaired) electrons. The second-order valence-corrected chi connectivity index (χ2v) is 7.66. The zero-order chi connectivity index (χ0) is 20.9. The average Bonchev–Trinajstić information content (AvgIpc) is 3.24. The van der Waals surface area contributed by atoms with Crippen molar-refractivity contribution in [2.24, 2.45) is 0 Å². The van der Waals surface area contributed by atoms with E-state index < -0.39 is 0 Å². The minimum absolute atomic E-state index is 0.264. The van der Waals surface area contributed by atoms with E-state index in [0.29, 0.717) is 5.76 Å². The Balaban J connectivity index is 1.31. The fourth-order valence-electron chi connectivity index (χ4n) is 3.38. The molecule has 0 unspecified atom stereocenters. The number of aryl methyl sites for hydroxylation is 1. The molecule has 1 N–H and O–H groups in total. The van der Waals surface area contributed by atoms with Crippen LogP contribution in [0.5, 0.6) is 5.75 Å². The van der Waals surface area contributed by atoms with Gasteiger partial charge in [0, 0.05) is 37.6 Å². The summed E-state index contributed by atoms with van der Waals surface area (Å²) in [6.45, 7) is 6.46. The lowest BCUT2D eigenvalue weighted by atomic mass is 10.2. The predicted octanol–water partition coefficient (Wildman–Crippen LogP) is 4.17. The predicted molar refractivity (Wildman–Crippen MR) is 118 cm³/mol. The molecule has 1 aromatic heterocycles. The van der Waals surface area contributed by atoms with E-state index in [1.54, 1.807) is 12.1 Å². The van der Waals surface area contributed by atoms with Gasteiger partial charge in [0.25, 0.3) is 5.91 Å². The Hall–Kier alpha value is -3.25. The molecule has 156 valence electrons. The zero-order valence-corrected chi connectivity index (χ0v) is 17.4. The van der Waals surface area contributed by atoms with Crippen LogP contribution in [0, 0.1) is 6.92 Å². The van der Waals surface area contributed by atoms with Gasteiger partial charge in [0.1, 0.15) is 18.1 Å². The van der Waals surface area contributed by atoms with E-state index >= 15 is 0 Å². The first-order valence-electron chi connectivity index (χ1n) is 10.2. The van der Waals surface area contributed by atoms with Crippen molar-refractivity contribution in [3.05, 3.63) is 77.7 Å². The van der Waals surface area contributed by atoms with E-state index in [2.05, 4.69) is 22.2 Å². The summed E-state index contributed by atoms with van der Waals surface area (Å²) in [7, 11) is 2.14. The van der Waals surface area contributed by atoms with Crippen LogP contribution < -0.4 is 15.0 Å². The molecule has 1 fully saturated rings. The van der Waals surface area contributed by atoms with E-state index in [1.807, 2.05) is 55.5 Å². The molecule has 1 aliphatic heterocycles. The molecular weight excluding hydrogens is 378 g/mol. The van der Waals surface area contributed by atoms with Crippen LogP contribution in [0.15, 0.2) is 65.1 Å². The van der Waals surface area contributed by atoms with Crippen molar-refractivity contribution in [2.75, 3.05) is 43.4 Å². The maximum Gasteiger partial charge on any atom is 0.291 e. The highest BCUT2D eigenvalue weighted by atomic mass is 16.5. The number of furan rings is 1. The SMILES string of the molecule is Cc1ccc(OCc2ccc(C(=O)Nc3ccc(N4CCN(C)CC4)cc3)o2)cc1. The Labute approximate surface area is 177 Å². The molecular formula is C24H27N3O3. The second kappa shape index (κ2) is 9.05. The quantitative estimate of drug-likeness (QED) is 0.667. The van der Waals surface area contributed by atoms with Crippen molar-refractivity contribution >= 4 is 17.3 Å². The van der Waals surface area contributed by atoms with E-state index in [1.165, 1.54) is 11.3 Å². The number of hydrogen-bond donors (Lipinski definition) is 1. The van der Waals surface area contributed by atoms with Crippen molar-refractivity contribution in [2.45, 2.75) is 13.5 Å². The monoisotopic (exact) mass is 405 g/mol. The molecule has 0 bridgehead atoms. The molecule has 0 atom stereocenters. The highest BCUT2D eigenvalue weighted by molar-refractivity contribution is 6.02. The number of nitrogens with one attached hydrogen (secondary N) is 1. The fourth-order valence-corrected chi connectivity index (χ4v) is 3.38. The molecule has 1 amide bonds. The third-order valence-corrected chi connectivity index (χ3v) is 5.28. The van der Waals surface area contributed by atoms with Gasteiger partial charge < -0.3 is 24.3 Å². The number of rotatable bonds is 6.